The molecule has 0 saturated carbocycles. The highest BCUT2D eigenvalue weighted by Crippen LogP contribution is 2.20. The van der Waals surface area contributed by atoms with Crippen molar-refractivity contribution in [3.8, 4) is 17.1 Å². The van der Waals surface area contributed by atoms with Crippen molar-refractivity contribution in [2.75, 3.05) is 13.7 Å². The SMILES string of the molecule is CCOC(=O)c1cn2nc(-c3ccc(OC)cc3)nc2nc1C. The molecule has 2 heterocycles. The van der Waals surface area contributed by atoms with E-state index in [-0.39, 0.29) is 0 Å². The molecule has 0 amide bonds. The summed E-state index contributed by atoms with van der Waals surface area (Å²) in [5, 5.41) is 4.38. The number of methoxy groups -OCH3 is 1. The lowest BCUT2D eigenvalue weighted by molar-refractivity contribution is 0.0524. The zero-order valence-corrected chi connectivity index (χ0v) is 13.1. The summed E-state index contributed by atoms with van der Waals surface area (Å²) in [6.07, 6.45) is 1.59. The second kappa shape index (κ2) is 6.04. The maximum Gasteiger partial charge on any atom is 0.341 e. The van der Waals surface area contributed by atoms with Gasteiger partial charge in [0.2, 0.25) is 0 Å². The average Bonchev–Trinajstić information content (AvgIpc) is 2.97. The molecular weight excluding hydrogens is 296 g/mol. The molecule has 23 heavy (non-hydrogen) atoms. The zero-order valence-electron chi connectivity index (χ0n) is 13.1. The molecule has 0 unspecified atom stereocenters. The topological polar surface area (TPSA) is 78.6 Å². The second-order valence-corrected chi connectivity index (χ2v) is 4.87. The van der Waals surface area contributed by atoms with E-state index in [4.69, 9.17) is 9.47 Å². The third kappa shape index (κ3) is 2.85. The number of hydrogen-bond acceptors (Lipinski definition) is 6. The molecule has 3 aromatic rings. The van der Waals surface area contributed by atoms with Crippen LogP contribution in [0.2, 0.25) is 0 Å². The van der Waals surface area contributed by atoms with Gasteiger partial charge in [0.1, 0.15) is 5.75 Å². The molecule has 7 heteroatoms. The molecule has 0 radical (unpaired) electrons. The molecule has 0 spiro atoms. The Morgan fingerprint density at radius 2 is 1.96 bits per heavy atom. The maximum absolute atomic E-state index is 11.9. The van der Waals surface area contributed by atoms with E-state index in [2.05, 4.69) is 15.1 Å². The summed E-state index contributed by atoms with van der Waals surface area (Å²) in [6, 6.07) is 7.41. The average molecular weight is 312 g/mol. The number of rotatable bonds is 4. The first-order valence-electron chi connectivity index (χ1n) is 7.18. The van der Waals surface area contributed by atoms with Gasteiger partial charge in [-0.15, -0.1) is 5.10 Å². The molecule has 0 bridgehead atoms. The third-order valence-corrected chi connectivity index (χ3v) is 3.37. The number of esters is 1. The van der Waals surface area contributed by atoms with Gasteiger partial charge in [0.15, 0.2) is 5.82 Å². The fraction of sp³-hybridized carbons (Fsp3) is 0.250. The monoisotopic (exact) mass is 312 g/mol. The van der Waals surface area contributed by atoms with Gasteiger partial charge < -0.3 is 9.47 Å². The van der Waals surface area contributed by atoms with Crippen LogP contribution in [-0.2, 0) is 4.74 Å². The lowest BCUT2D eigenvalue weighted by atomic mass is 10.2. The Hall–Kier alpha value is -2.96. The molecule has 2 aromatic heterocycles. The highest BCUT2D eigenvalue weighted by Gasteiger charge is 2.15. The van der Waals surface area contributed by atoms with Crippen LogP contribution in [0.15, 0.2) is 30.5 Å². The first-order chi connectivity index (χ1) is 11.1. The van der Waals surface area contributed by atoms with Gasteiger partial charge in [-0.25, -0.2) is 14.3 Å². The largest absolute Gasteiger partial charge is 0.497 e. The fourth-order valence-corrected chi connectivity index (χ4v) is 2.18. The Bertz CT molecular complexity index is 856. The van der Waals surface area contributed by atoms with Crippen molar-refractivity contribution in [2.24, 2.45) is 0 Å². The van der Waals surface area contributed by atoms with Crippen molar-refractivity contribution >= 4 is 11.7 Å². The summed E-state index contributed by atoms with van der Waals surface area (Å²) in [6.45, 7) is 3.81. The molecule has 0 saturated heterocycles. The third-order valence-electron chi connectivity index (χ3n) is 3.37. The van der Waals surface area contributed by atoms with Crippen molar-refractivity contribution in [1.29, 1.82) is 0 Å². The lowest BCUT2D eigenvalue weighted by Crippen LogP contribution is -2.10. The highest BCUT2D eigenvalue weighted by atomic mass is 16.5. The molecule has 3 rings (SSSR count). The highest BCUT2D eigenvalue weighted by molar-refractivity contribution is 5.90. The van der Waals surface area contributed by atoms with Crippen LogP contribution in [0.5, 0.6) is 5.75 Å². The van der Waals surface area contributed by atoms with Crippen molar-refractivity contribution in [3.05, 3.63) is 41.7 Å². The van der Waals surface area contributed by atoms with Crippen LogP contribution >= 0.6 is 0 Å². The van der Waals surface area contributed by atoms with Crippen LogP contribution < -0.4 is 4.74 Å². The molecule has 0 aliphatic rings. The Labute approximate surface area is 132 Å². The number of ether oxygens (including phenoxy) is 2. The van der Waals surface area contributed by atoms with Crippen molar-refractivity contribution in [3.63, 3.8) is 0 Å². The van der Waals surface area contributed by atoms with E-state index in [9.17, 15) is 4.79 Å². The summed E-state index contributed by atoms with van der Waals surface area (Å²) in [5.41, 5.74) is 1.78. The van der Waals surface area contributed by atoms with Gasteiger partial charge in [0, 0.05) is 11.8 Å². The van der Waals surface area contributed by atoms with Crippen LogP contribution in [0, 0.1) is 6.92 Å². The molecule has 1 aromatic carbocycles. The summed E-state index contributed by atoms with van der Waals surface area (Å²) in [4.78, 5) is 20.6. The number of benzene rings is 1. The van der Waals surface area contributed by atoms with Gasteiger partial charge in [0.25, 0.3) is 5.78 Å². The first-order valence-corrected chi connectivity index (χ1v) is 7.18. The zero-order chi connectivity index (χ0) is 16.4. The molecular formula is C16H16N4O3. The molecule has 0 N–H and O–H groups in total. The van der Waals surface area contributed by atoms with E-state index in [1.54, 1.807) is 27.2 Å². The minimum absolute atomic E-state index is 0.310. The predicted octanol–water partition coefficient (Wildman–Crippen LogP) is 2.29. The molecule has 118 valence electrons. The predicted molar refractivity (Wildman–Crippen MR) is 83.5 cm³/mol. The van der Waals surface area contributed by atoms with Gasteiger partial charge in [-0.05, 0) is 38.1 Å². The number of fused-ring (bicyclic) bond motifs is 1. The number of carbonyl (C=O) groups is 1. The number of aryl methyl sites for hydroxylation is 1. The standard InChI is InChI=1S/C16H16N4O3/c1-4-23-15(21)13-9-20-16(17-10(13)2)18-14(19-20)11-5-7-12(22-3)8-6-11/h5-9H,4H2,1-3H3. The molecule has 0 aliphatic heterocycles. The van der Waals surface area contributed by atoms with E-state index in [0.717, 1.165) is 11.3 Å². The van der Waals surface area contributed by atoms with Crippen LogP contribution in [0.1, 0.15) is 23.0 Å². The van der Waals surface area contributed by atoms with Crippen LogP contribution in [0.3, 0.4) is 0 Å². The van der Waals surface area contributed by atoms with Gasteiger partial charge in [-0.3, -0.25) is 0 Å². The van der Waals surface area contributed by atoms with E-state index < -0.39 is 5.97 Å². The Morgan fingerprint density at radius 1 is 1.22 bits per heavy atom. The smallest absolute Gasteiger partial charge is 0.341 e. The molecule has 0 atom stereocenters. The number of nitrogens with zero attached hydrogens (tertiary/aromatic N) is 4. The van der Waals surface area contributed by atoms with E-state index in [0.29, 0.717) is 29.5 Å². The minimum atomic E-state index is -0.416. The quantitative estimate of drug-likeness (QED) is 0.688. The molecule has 0 aliphatic carbocycles. The lowest BCUT2D eigenvalue weighted by Gasteiger charge is -2.04. The van der Waals surface area contributed by atoms with Crippen molar-refractivity contribution < 1.29 is 14.3 Å². The Morgan fingerprint density at radius 3 is 2.61 bits per heavy atom. The molecule has 7 nitrogen and oxygen atoms in total. The maximum atomic E-state index is 11.9. The summed E-state index contributed by atoms with van der Waals surface area (Å²) in [5.74, 6) is 1.30. The van der Waals surface area contributed by atoms with Crippen LogP contribution in [0.4, 0.5) is 0 Å². The van der Waals surface area contributed by atoms with Gasteiger partial charge in [0.05, 0.1) is 25.0 Å². The number of aromatic nitrogens is 4. The van der Waals surface area contributed by atoms with Crippen molar-refractivity contribution in [1.82, 2.24) is 19.6 Å². The Kier molecular flexibility index (Phi) is 3.92. The summed E-state index contributed by atoms with van der Waals surface area (Å²) >= 11 is 0. The van der Waals surface area contributed by atoms with Gasteiger partial charge in [-0.1, -0.05) is 0 Å². The van der Waals surface area contributed by atoms with E-state index in [1.165, 1.54) is 4.52 Å². The summed E-state index contributed by atoms with van der Waals surface area (Å²) in [7, 11) is 1.61. The van der Waals surface area contributed by atoms with Crippen molar-refractivity contribution in [2.45, 2.75) is 13.8 Å². The van der Waals surface area contributed by atoms with E-state index >= 15 is 0 Å². The van der Waals surface area contributed by atoms with Crippen LogP contribution in [-0.4, -0.2) is 39.3 Å². The summed E-state index contributed by atoms with van der Waals surface area (Å²) < 4.78 is 11.6. The second-order valence-electron chi connectivity index (χ2n) is 4.87. The van der Waals surface area contributed by atoms with E-state index in [1.807, 2.05) is 24.3 Å². The number of carbonyl (C=O) groups excluding carboxylic acids is 1. The van der Waals surface area contributed by atoms with Gasteiger partial charge in [-0.2, -0.15) is 4.98 Å². The van der Waals surface area contributed by atoms with Crippen LogP contribution in [0.25, 0.3) is 17.2 Å². The Balaban J connectivity index is 2.02. The molecule has 0 fully saturated rings. The minimum Gasteiger partial charge on any atom is -0.497 e. The van der Waals surface area contributed by atoms with Gasteiger partial charge >= 0.3 is 5.97 Å². The fourth-order valence-electron chi connectivity index (χ4n) is 2.18. The normalized spacial score (nSPS) is 10.7. The first kappa shape index (κ1) is 15.0. The number of hydrogen-bond donors (Lipinski definition) is 0.